The van der Waals surface area contributed by atoms with Crippen molar-refractivity contribution < 1.29 is 9.53 Å². The summed E-state index contributed by atoms with van der Waals surface area (Å²) in [5.41, 5.74) is 2.58. The van der Waals surface area contributed by atoms with Crippen LogP contribution in [0.1, 0.15) is 24.5 Å². The molecule has 0 saturated heterocycles. The molecule has 0 radical (unpaired) electrons. The second-order valence-corrected chi connectivity index (χ2v) is 3.67. The normalized spacial score (nSPS) is 10.1. The highest BCUT2D eigenvalue weighted by Gasteiger charge is 1.98. The van der Waals surface area contributed by atoms with Gasteiger partial charge in [0.15, 0.2) is 0 Å². The number of carbonyl (C=O) groups is 1. The maximum Gasteiger partial charge on any atom is 0.306 e. The standard InChI is InChI=1S/C13H19NO2/c1-3-11-4-6-12(7-5-11)10-14-9-8-13(15)16-2/h4-7,14H,3,8-10H2,1-2H3. The molecule has 1 aromatic rings. The number of methoxy groups -OCH3 is 1. The summed E-state index contributed by atoms with van der Waals surface area (Å²) in [6.07, 6.45) is 1.49. The highest BCUT2D eigenvalue weighted by Crippen LogP contribution is 2.04. The number of hydrogen-bond acceptors (Lipinski definition) is 3. The van der Waals surface area contributed by atoms with Crippen molar-refractivity contribution in [1.82, 2.24) is 5.32 Å². The quantitative estimate of drug-likeness (QED) is 0.589. The first kappa shape index (κ1) is 12.7. The minimum Gasteiger partial charge on any atom is -0.469 e. The molecular formula is C13H19NO2. The number of nitrogens with one attached hydrogen (secondary N) is 1. The average Bonchev–Trinajstić information content (AvgIpc) is 2.35. The Labute approximate surface area is 96.8 Å². The predicted octanol–water partition coefficient (Wildman–Crippen LogP) is 1.90. The highest BCUT2D eigenvalue weighted by atomic mass is 16.5. The molecule has 0 saturated carbocycles. The van der Waals surface area contributed by atoms with Gasteiger partial charge in [0.2, 0.25) is 0 Å². The summed E-state index contributed by atoms with van der Waals surface area (Å²) < 4.78 is 4.55. The van der Waals surface area contributed by atoms with Gasteiger partial charge in [-0.1, -0.05) is 31.2 Å². The Morgan fingerprint density at radius 2 is 1.88 bits per heavy atom. The lowest BCUT2D eigenvalue weighted by atomic mass is 10.1. The minimum absolute atomic E-state index is 0.172. The molecule has 0 bridgehead atoms. The number of hydrogen-bond donors (Lipinski definition) is 1. The van der Waals surface area contributed by atoms with Crippen LogP contribution >= 0.6 is 0 Å². The van der Waals surface area contributed by atoms with E-state index in [0.717, 1.165) is 13.0 Å². The number of esters is 1. The fraction of sp³-hybridized carbons (Fsp3) is 0.462. The van der Waals surface area contributed by atoms with Crippen molar-refractivity contribution in [3.05, 3.63) is 35.4 Å². The van der Waals surface area contributed by atoms with Crippen LogP contribution in [-0.4, -0.2) is 19.6 Å². The lowest BCUT2D eigenvalue weighted by Crippen LogP contribution is -2.18. The molecule has 88 valence electrons. The monoisotopic (exact) mass is 221 g/mol. The van der Waals surface area contributed by atoms with Crippen LogP contribution in [0.4, 0.5) is 0 Å². The van der Waals surface area contributed by atoms with E-state index in [9.17, 15) is 4.79 Å². The van der Waals surface area contributed by atoms with Crippen molar-refractivity contribution in [3.8, 4) is 0 Å². The Kier molecular flexibility index (Phi) is 5.57. The van der Waals surface area contributed by atoms with E-state index in [1.165, 1.54) is 18.2 Å². The number of aryl methyl sites for hydroxylation is 1. The van der Waals surface area contributed by atoms with Gasteiger partial charge in [0.05, 0.1) is 13.5 Å². The summed E-state index contributed by atoms with van der Waals surface area (Å²) in [6, 6.07) is 8.50. The van der Waals surface area contributed by atoms with Crippen LogP contribution in [0.2, 0.25) is 0 Å². The van der Waals surface area contributed by atoms with Crippen LogP contribution in [-0.2, 0) is 22.5 Å². The molecule has 0 aliphatic carbocycles. The van der Waals surface area contributed by atoms with Gasteiger partial charge in [-0.2, -0.15) is 0 Å². The summed E-state index contributed by atoms with van der Waals surface area (Å²) >= 11 is 0. The molecule has 0 aromatic heterocycles. The molecule has 3 heteroatoms. The molecule has 0 amide bonds. The van der Waals surface area contributed by atoms with Gasteiger partial charge in [-0.15, -0.1) is 0 Å². The van der Waals surface area contributed by atoms with E-state index in [4.69, 9.17) is 0 Å². The molecule has 1 rings (SSSR count). The maximum absolute atomic E-state index is 10.8. The van der Waals surface area contributed by atoms with Crippen LogP contribution in [0, 0.1) is 0 Å². The summed E-state index contributed by atoms with van der Waals surface area (Å²) in [5, 5.41) is 3.20. The van der Waals surface area contributed by atoms with E-state index in [1.807, 2.05) is 0 Å². The van der Waals surface area contributed by atoms with Crippen molar-refractivity contribution in [3.63, 3.8) is 0 Å². The van der Waals surface area contributed by atoms with Crippen molar-refractivity contribution in [2.24, 2.45) is 0 Å². The van der Waals surface area contributed by atoms with Crippen LogP contribution < -0.4 is 5.32 Å². The third kappa shape index (κ3) is 4.45. The van der Waals surface area contributed by atoms with Crippen LogP contribution in [0.15, 0.2) is 24.3 Å². The molecule has 0 heterocycles. The van der Waals surface area contributed by atoms with E-state index >= 15 is 0 Å². The zero-order valence-corrected chi connectivity index (χ0v) is 9.95. The van der Waals surface area contributed by atoms with Gasteiger partial charge in [-0.05, 0) is 17.5 Å². The molecule has 0 spiro atoms. The van der Waals surface area contributed by atoms with Crippen molar-refractivity contribution in [2.45, 2.75) is 26.3 Å². The lowest BCUT2D eigenvalue weighted by molar-refractivity contribution is -0.140. The van der Waals surface area contributed by atoms with Crippen molar-refractivity contribution in [1.29, 1.82) is 0 Å². The molecule has 0 atom stereocenters. The van der Waals surface area contributed by atoms with E-state index < -0.39 is 0 Å². The number of ether oxygens (including phenoxy) is 1. The van der Waals surface area contributed by atoms with Crippen LogP contribution in [0.25, 0.3) is 0 Å². The summed E-state index contributed by atoms with van der Waals surface area (Å²) in [4.78, 5) is 10.8. The van der Waals surface area contributed by atoms with Gasteiger partial charge >= 0.3 is 5.97 Å². The number of rotatable bonds is 6. The zero-order chi connectivity index (χ0) is 11.8. The Bertz CT molecular complexity index is 319. The molecule has 1 N–H and O–H groups in total. The third-order valence-electron chi connectivity index (χ3n) is 2.49. The predicted molar refractivity (Wildman–Crippen MR) is 64.2 cm³/mol. The first-order valence-electron chi connectivity index (χ1n) is 5.61. The molecule has 0 aliphatic rings. The Balaban J connectivity index is 2.24. The van der Waals surface area contributed by atoms with Crippen LogP contribution in [0.3, 0.4) is 0 Å². The molecule has 0 aliphatic heterocycles. The van der Waals surface area contributed by atoms with E-state index in [0.29, 0.717) is 13.0 Å². The molecule has 0 fully saturated rings. The topological polar surface area (TPSA) is 38.3 Å². The zero-order valence-electron chi connectivity index (χ0n) is 9.95. The van der Waals surface area contributed by atoms with Gasteiger partial charge in [0, 0.05) is 13.1 Å². The van der Waals surface area contributed by atoms with E-state index in [1.54, 1.807) is 0 Å². The maximum atomic E-state index is 10.8. The summed E-state index contributed by atoms with van der Waals surface area (Å²) in [7, 11) is 1.41. The molecule has 3 nitrogen and oxygen atoms in total. The van der Waals surface area contributed by atoms with Gasteiger partial charge in [0.25, 0.3) is 0 Å². The molecular weight excluding hydrogens is 202 g/mol. The van der Waals surface area contributed by atoms with Crippen molar-refractivity contribution in [2.75, 3.05) is 13.7 Å². The number of benzene rings is 1. The first-order chi connectivity index (χ1) is 7.76. The van der Waals surface area contributed by atoms with Gasteiger partial charge in [0.1, 0.15) is 0 Å². The molecule has 1 aromatic carbocycles. The van der Waals surface area contributed by atoms with E-state index in [-0.39, 0.29) is 5.97 Å². The fourth-order valence-corrected chi connectivity index (χ4v) is 1.42. The van der Waals surface area contributed by atoms with Crippen molar-refractivity contribution >= 4 is 5.97 Å². The first-order valence-corrected chi connectivity index (χ1v) is 5.61. The SMILES string of the molecule is CCc1ccc(CNCCC(=O)OC)cc1. The largest absolute Gasteiger partial charge is 0.469 e. The number of carbonyl (C=O) groups excluding carboxylic acids is 1. The van der Waals surface area contributed by atoms with E-state index in [2.05, 4.69) is 41.2 Å². The van der Waals surface area contributed by atoms with Gasteiger partial charge in [-0.25, -0.2) is 0 Å². The minimum atomic E-state index is -0.172. The Morgan fingerprint density at radius 3 is 2.44 bits per heavy atom. The smallest absolute Gasteiger partial charge is 0.306 e. The van der Waals surface area contributed by atoms with Crippen LogP contribution in [0.5, 0.6) is 0 Å². The summed E-state index contributed by atoms with van der Waals surface area (Å²) in [6.45, 7) is 3.59. The lowest BCUT2D eigenvalue weighted by Gasteiger charge is -2.05. The van der Waals surface area contributed by atoms with Gasteiger partial charge in [-0.3, -0.25) is 4.79 Å². The second-order valence-electron chi connectivity index (χ2n) is 3.67. The second kappa shape index (κ2) is 7.01. The fourth-order valence-electron chi connectivity index (χ4n) is 1.42. The average molecular weight is 221 g/mol. The third-order valence-corrected chi connectivity index (χ3v) is 2.49. The van der Waals surface area contributed by atoms with Gasteiger partial charge < -0.3 is 10.1 Å². The molecule has 16 heavy (non-hydrogen) atoms. The Hall–Kier alpha value is -1.35. The summed E-state index contributed by atoms with van der Waals surface area (Å²) in [5.74, 6) is -0.172. The highest BCUT2D eigenvalue weighted by molar-refractivity contribution is 5.69. The Morgan fingerprint density at radius 1 is 1.25 bits per heavy atom. The molecule has 0 unspecified atom stereocenters.